The summed E-state index contributed by atoms with van der Waals surface area (Å²) in [6.45, 7) is 0.782. The summed E-state index contributed by atoms with van der Waals surface area (Å²) in [5.74, 6) is -1.90. The van der Waals surface area contributed by atoms with E-state index in [9.17, 15) is 24.8 Å². The lowest BCUT2D eigenvalue weighted by Gasteiger charge is -2.25. The molecule has 10 heteroatoms. The number of nitrogens with zero attached hydrogens (tertiary/aromatic N) is 4. The van der Waals surface area contributed by atoms with Crippen LogP contribution in [0, 0.1) is 10.1 Å². The lowest BCUT2D eigenvalue weighted by Crippen LogP contribution is -2.31. The Balaban J connectivity index is 1.76. The zero-order valence-electron chi connectivity index (χ0n) is 17.3. The first-order chi connectivity index (χ1) is 15.9. The number of aliphatic hydroxyl groups is 1. The molecule has 9 nitrogen and oxygen atoms in total. The summed E-state index contributed by atoms with van der Waals surface area (Å²) in [6.07, 6.45) is 5.61. The predicted molar refractivity (Wildman–Crippen MR) is 123 cm³/mol. The van der Waals surface area contributed by atoms with E-state index in [1.807, 2.05) is 4.57 Å². The lowest BCUT2D eigenvalue weighted by atomic mass is 9.95. The molecule has 1 fully saturated rings. The van der Waals surface area contributed by atoms with E-state index < -0.39 is 22.7 Å². The van der Waals surface area contributed by atoms with Gasteiger partial charge in [-0.25, -0.2) is 4.98 Å². The largest absolute Gasteiger partial charge is 0.507 e. The third-order valence-corrected chi connectivity index (χ3v) is 5.96. The number of aromatic nitrogens is 2. The number of ketones is 1. The SMILES string of the molecule is O=C1C(=O)N(CCCn2ccnc2)[C@@H](c2cccc([N+](=O)[O-])c2)C1=C(O)c1ccc(Br)cc1. The van der Waals surface area contributed by atoms with Gasteiger partial charge in [0.05, 0.1) is 22.9 Å². The van der Waals surface area contributed by atoms with E-state index >= 15 is 0 Å². The molecule has 0 unspecified atom stereocenters. The van der Waals surface area contributed by atoms with E-state index in [0.717, 1.165) is 4.47 Å². The van der Waals surface area contributed by atoms with Gasteiger partial charge in [-0.15, -0.1) is 0 Å². The molecule has 1 aliphatic heterocycles. The van der Waals surface area contributed by atoms with Crippen molar-refractivity contribution < 1.29 is 19.6 Å². The minimum Gasteiger partial charge on any atom is -0.507 e. The van der Waals surface area contributed by atoms with Gasteiger partial charge in [0.2, 0.25) is 0 Å². The topological polar surface area (TPSA) is 119 Å². The molecule has 1 aliphatic rings. The standard InChI is InChI=1S/C23H19BrN4O5/c24-17-7-5-15(6-8-17)21(29)19-20(16-3-1-4-18(13-16)28(32)33)27(23(31)22(19)30)11-2-10-26-12-9-25-14-26/h1,3-9,12-14,20,29H,2,10-11H2/t20-/m0/s1. The molecule has 1 N–H and O–H groups in total. The fourth-order valence-corrected chi connectivity index (χ4v) is 4.14. The minimum absolute atomic E-state index is 0.0922. The van der Waals surface area contributed by atoms with Gasteiger partial charge >= 0.3 is 0 Å². The molecule has 2 aromatic carbocycles. The Hall–Kier alpha value is -3.79. The Morgan fingerprint density at radius 3 is 2.58 bits per heavy atom. The van der Waals surface area contributed by atoms with Crippen LogP contribution in [0.4, 0.5) is 5.69 Å². The number of halogens is 1. The molecule has 33 heavy (non-hydrogen) atoms. The van der Waals surface area contributed by atoms with Gasteiger partial charge in [-0.1, -0.05) is 40.2 Å². The highest BCUT2D eigenvalue weighted by Crippen LogP contribution is 2.40. The van der Waals surface area contributed by atoms with Crippen molar-refractivity contribution in [3.63, 3.8) is 0 Å². The number of amides is 1. The molecule has 0 radical (unpaired) electrons. The van der Waals surface area contributed by atoms with Crippen molar-refractivity contribution in [2.45, 2.75) is 19.0 Å². The highest BCUT2D eigenvalue weighted by atomic mass is 79.9. The monoisotopic (exact) mass is 510 g/mol. The van der Waals surface area contributed by atoms with Gasteiger partial charge in [-0.05, 0) is 24.1 Å². The van der Waals surface area contributed by atoms with Crippen LogP contribution in [0.15, 0.2) is 77.3 Å². The number of hydrogen-bond donors (Lipinski definition) is 1. The summed E-state index contributed by atoms with van der Waals surface area (Å²) >= 11 is 3.33. The Kier molecular flexibility index (Phi) is 6.36. The van der Waals surface area contributed by atoms with Crippen molar-refractivity contribution >= 4 is 39.1 Å². The van der Waals surface area contributed by atoms with E-state index in [4.69, 9.17) is 0 Å². The van der Waals surface area contributed by atoms with Crippen LogP contribution in [0.1, 0.15) is 23.6 Å². The number of rotatable bonds is 7. The molecule has 0 bridgehead atoms. The summed E-state index contributed by atoms with van der Waals surface area (Å²) in [7, 11) is 0. The van der Waals surface area contributed by atoms with Crippen LogP contribution >= 0.6 is 15.9 Å². The average molecular weight is 511 g/mol. The van der Waals surface area contributed by atoms with Crippen LogP contribution < -0.4 is 0 Å². The third kappa shape index (κ3) is 4.56. The Morgan fingerprint density at radius 2 is 1.91 bits per heavy atom. The molecular formula is C23H19BrN4O5. The number of aliphatic hydroxyl groups excluding tert-OH is 1. The molecule has 0 saturated carbocycles. The minimum atomic E-state index is -0.948. The smallest absolute Gasteiger partial charge is 0.295 e. The molecule has 2 heterocycles. The van der Waals surface area contributed by atoms with Gasteiger partial charge < -0.3 is 14.6 Å². The third-order valence-electron chi connectivity index (χ3n) is 5.43. The maximum absolute atomic E-state index is 13.0. The quantitative estimate of drug-likeness (QED) is 0.168. The van der Waals surface area contributed by atoms with E-state index in [0.29, 0.717) is 24.1 Å². The number of imidazole rings is 1. The second-order valence-corrected chi connectivity index (χ2v) is 8.42. The molecule has 1 amide bonds. The number of carbonyl (C=O) groups is 2. The highest BCUT2D eigenvalue weighted by Gasteiger charge is 2.46. The first-order valence-electron chi connectivity index (χ1n) is 10.1. The van der Waals surface area contributed by atoms with Crippen molar-refractivity contribution in [2.75, 3.05) is 6.54 Å². The zero-order valence-corrected chi connectivity index (χ0v) is 18.9. The van der Waals surface area contributed by atoms with Crippen LogP contribution in [0.3, 0.4) is 0 Å². The van der Waals surface area contributed by atoms with Crippen molar-refractivity contribution in [3.05, 3.63) is 98.5 Å². The van der Waals surface area contributed by atoms with Gasteiger partial charge in [0.15, 0.2) is 0 Å². The summed E-state index contributed by atoms with van der Waals surface area (Å²) in [6, 6.07) is 11.5. The first-order valence-corrected chi connectivity index (χ1v) is 10.9. The van der Waals surface area contributed by atoms with Crippen molar-refractivity contribution in [1.29, 1.82) is 0 Å². The number of likely N-dealkylation sites (tertiary alicyclic amines) is 1. The molecule has 1 aromatic heterocycles. The van der Waals surface area contributed by atoms with Crippen LogP contribution in [-0.4, -0.2) is 42.7 Å². The normalized spacial score (nSPS) is 17.5. The fraction of sp³-hybridized carbons (Fsp3) is 0.174. The molecular weight excluding hydrogens is 492 g/mol. The second-order valence-electron chi connectivity index (χ2n) is 7.51. The maximum Gasteiger partial charge on any atom is 0.295 e. The summed E-state index contributed by atoms with van der Waals surface area (Å²) in [5.41, 5.74) is 0.486. The summed E-state index contributed by atoms with van der Waals surface area (Å²) in [4.78, 5) is 42.1. The number of nitro benzene ring substituents is 1. The van der Waals surface area contributed by atoms with Crippen LogP contribution in [0.25, 0.3) is 5.76 Å². The van der Waals surface area contributed by atoms with Crippen molar-refractivity contribution in [2.24, 2.45) is 0 Å². The van der Waals surface area contributed by atoms with E-state index in [2.05, 4.69) is 20.9 Å². The number of non-ortho nitro benzene ring substituents is 1. The Morgan fingerprint density at radius 1 is 1.15 bits per heavy atom. The van der Waals surface area contributed by atoms with Gasteiger partial charge in [-0.3, -0.25) is 19.7 Å². The van der Waals surface area contributed by atoms with Crippen LogP contribution in [-0.2, 0) is 16.1 Å². The zero-order chi connectivity index (χ0) is 23.5. The maximum atomic E-state index is 13.0. The van der Waals surface area contributed by atoms with Crippen LogP contribution in [0.2, 0.25) is 0 Å². The molecule has 1 atom stereocenters. The molecule has 168 valence electrons. The Labute approximate surface area is 197 Å². The summed E-state index contributed by atoms with van der Waals surface area (Å²) < 4.78 is 2.63. The molecule has 0 aliphatic carbocycles. The van der Waals surface area contributed by atoms with Crippen LogP contribution in [0.5, 0.6) is 0 Å². The van der Waals surface area contributed by atoms with Gasteiger partial charge in [-0.2, -0.15) is 0 Å². The average Bonchev–Trinajstić information content (AvgIpc) is 3.41. The van der Waals surface area contributed by atoms with Gasteiger partial charge in [0, 0.05) is 47.7 Å². The number of hydrogen-bond acceptors (Lipinski definition) is 6. The predicted octanol–water partition coefficient (Wildman–Crippen LogP) is 4.07. The number of Topliss-reactive ketones (excluding diaryl/α,β-unsaturated/α-hetero) is 1. The van der Waals surface area contributed by atoms with E-state index in [1.165, 1.54) is 23.1 Å². The fourth-order valence-electron chi connectivity index (χ4n) is 3.87. The number of benzene rings is 2. The van der Waals surface area contributed by atoms with E-state index in [1.54, 1.807) is 49.1 Å². The van der Waals surface area contributed by atoms with Gasteiger partial charge in [0.1, 0.15) is 5.76 Å². The highest BCUT2D eigenvalue weighted by molar-refractivity contribution is 9.10. The van der Waals surface area contributed by atoms with Crippen molar-refractivity contribution in [1.82, 2.24) is 14.5 Å². The summed E-state index contributed by atoms with van der Waals surface area (Å²) in [5, 5.41) is 22.4. The first kappa shape index (κ1) is 22.4. The molecule has 4 rings (SSSR count). The lowest BCUT2D eigenvalue weighted by molar-refractivity contribution is -0.384. The number of aryl methyl sites for hydroxylation is 1. The molecule has 1 saturated heterocycles. The van der Waals surface area contributed by atoms with E-state index in [-0.39, 0.29) is 23.6 Å². The van der Waals surface area contributed by atoms with Gasteiger partial charge in [0.25, 0.3) is 17.4 Å². The molecule has 0 spiro atoms. The Bertz CT molecular complexity index is 1240. The number of carbonyl (C=O) groups excluding carboxylic acids is 2. The van der Waals surface area contributed by atoms with Crippen molar-refractivity contribution in [3.8, 4) is 0 Å². The molecule has 3 aromatic rings. The second kappa shape index (κ2) is 9.37. The number of nitro groups is 1.